The summed E-state index contributed by atoms with van der Waals surface area (Å²) in [4.78, 5) is 10.9. The predicted molar refractivity (Wildman–Crippen MR) is 56.8 cm³/mol. The van der Waals surface area contributed by atoms with Crippen molar-refractivity contribution in [3.8, 4) is 0 Å². The first-order chi connectivity index (χ1) is 7.84. The lowest BCUT2D eigenvalue weighted by molar-refractivity contribution is -0.140. The quantitative estimate of drug-likeness (QED) is 0.783. The van der Waals surface area contributed by atoms with E-state index < -0.39 is 17.7 Å². The van der Waals surface area contributed by atoms with Crippen molar-refractivity contribution in [2.75, 3.05) is 7.11 Å². The van der Waals surface area contributed by atoms with Gasteiger partial charge in [-0.3, -0.25) is 4.79 Å². The Bertz CT molecular complexity index is 416. The van der Waals surface area contributed by atoms with Crippen molar-refractivity contribution in [1.82, 2.24) is 0 Å². The molecule has 0 atom stereocenters. The average molecular weight is 267 g/mol. The number of benzene rings is 1. The predicted octanol–water partition coefficient (Wildman–Crippen LogP) is 3.46. The first-order valence-electron chi connectivity index (χ1n) is 4.77. The lowest BCUT2D eigenvalue weighted by Gasteiger charge is -2.10. The van der Waals surface area contributed by atoms with E-state index in [4.69, 9.17) is 11.6 Å². The van der Waals surface area contributed by atoms with Gasteiger partial charge in [-0.1, -0.05) is 17.7 Å². The van der Waals surface area contributed by atoms with Gasteiger partial charge in [-0.05, 0) is 24.1 Å². The molecule has 0 saturated carbocycles. The van der Waals surface area contributed by atoms with Gasteiger partial charge in [0, 0.05) is 6.42 Å². The van der Waals surface area contributed by atoms with Crippen LogP contribution < -0.4 is 0 Å². The second-order valence-corrected chi connectivity index (χ2v) is 3.80. The SMILES string of the molecule is COC(=O)CCc1ccc(C(F)(F)F)c(Cl)c1. The highest BCUT2D eigenvalue weighted by Crippen LogP contribution is 2.35. The minimum absolute atomic E-state index is 0.109. The molecule has 0 heterocycles. The van der Waals surface area contributed by atoms with Gasteiger partial charge in [-0.15, -0.1) is 0 Å². The molecule has 0 fully saturated rings. The Kier molecular flexibility index (Phi) is 4.40. The van der Waals surface area contributed by atoms with E-state index in [-0.39, 0.29) is 11.4 Å². The third-order valence-electron chi connectivity index (χ3n) is 2.18. The summed E-state index contributed by atoms with van der Waals surface area (Å²) in [5.74, 6) is -0.416. The minimum atomic E-state index is -4.46. The van der Waals surface area contributed by atoms with Crippen LogP contribution >= 0.6 is 11.6 Å². The van der Waals surface area contributed by atoms with Crippen LogP contribution in [0.15, 0.2) is 18.2 Å². The molecular weight excluding hydrogens is 257 g/mol. The number of hydrogen-bond donors (Lipinski definition) is 0. The van der Waals surface area contributed by atoms with Crippen molar-refractivity contribution in [3.63, 3.8) is 0 Å². The van der Waals surface area contributed by atoms with Gasteiger partial charge in [0.25, 0.3) is 0 Å². The van der Waals surface area contributed by atoms with Gasteiger partial charge in [0.15, 0.2) is 0 Å². The number of ether oxygens (including phenoxy) is 1. The van der Waals surface area contributed by atoms with Gasteiger partial charge in [0.2, 0.25) is 0 Å². The first-order valence-corrected chi connectivity index (χ1v) is 5.15. The van der Waals surface area contributed by atoms with Crippen molar-refractivity contribution >= 4 is 17.6 Å². The highest BCUT2D eigenvalue weighted by molar-refractivity contribution is 6.31. The second kappa shape index (κ2) is 5.40. The molecule has 1 aromatic rings. The van der Waals surface area contributed by atoms with Crippen LogP contribution in [-0.2, 0) is 22.1 Å². The summed E-state index contributed by atoms with van der Waals surface area (Å²) in [6, 6.07) is 3.43. The normalized spacial score (nSPS) is 11.4. The van der Waals surface area contributed by atoms with Crippen molar-refractivity contribution in [1.29, 1.82) is 0 Å². The van der Waals surface area contributed by atoms with E-state index in [1.807, 2.05) is 0 Å². The second-order valence-electron chi connectivity index (χ2n) is 3.39. The number of hydrogen-bond acceptors (Lipinski definition) is 2. The van der Waals surface area contributed by atoms with Crippen LogP contribution in [0.1, 0.15) is 17.5 Å². The summed E-state index contributed by atoms with van der Waals surface area (Å²) in [5, 5.41) is -0.361. The summed E-state index contributed by atoms with van der Waals surface area (Å²) in [6.07, 6.45) is -4.05. The Labute approximate surface area is 101 Å². The number of halogens is 4. The largest absolute Gasteiger partial charge is 0.469 e. The zero-order valence-corrected chi connectivity index (χ0v) is 9.73. The van der Waals surface area contributed by atoms with Gasteiger partial charge in [-0.2, -0.15) is 13.2 Å². The summed E-state index contributed by atoms with van der Waals surface area (Å²) in [7, 11) is 1.25. The number of carbonyl (C=O) groups is 1. The molecule has 1 aromatic carbocycles. The first kappa shape index (κ1) is 13.8. The van der Waals surface area contributed by atoms with Crippen LogP contribution in [0.2, 0.25) is 5.02 Å². The molecule has 0 aliphatic rings. The maximum atomic E-state index is 12.4. The number of carbonyl (C=O) groups excluding carboxylic acids is 1. The lowest BCUT2D eigenvalue weighted by atomic mass is 10.1. The number of esters is 1. The van der Waals surface area contributed by atoms with Crippen LogP contribution in [-0.4, -0.2) is 13.1 Å². The summed E-state index contributed by atoms with van der Waals surface area (Å²) < 4.78 is 41.6. The van der Waals surface area contributed by atoms with E-state index in [1.165, 1.54) is 19.2 Å². The molecule has 0 radical (unpaired) electrons. The van der Waals surface area contributed by atoms with E-state index in [1.54, 1.807) is 0 Å². The zero-order valence-electron chi connectivity index (χ0n) is 8.97. The summed E-state index contributed by atoms with van der Waals surface area (Å²) in [6.45, 7) is 0. The molecule has 1 rings (SSSR count). The molecule has 0 aliphatic heterocycles. The molecule has 0 amide bonds. The average Bonchev–Trinajstić information content (AvgIpc) is 2.24. The van der Waals surface area contributed by atoms with Crippen LogP contribution in [0.3, 0.4) is 0 Å². The van der Waals surface area contributed by atoms with Crippen molar-refractivity contribution < 1.29 is 22.7 Å². The molecule has 0 spiro atoms. The highest BCUT2D eigenvalue weighted by atomic mass is 35.5. The van der Waals surface area contributed by atoms with Crippen molar-refractivity contribution in [2.24, 2.45) is 0 Å². The van der Waals surface area contributed by atoms with Crippen LogP contribution in [0.4, 0.5) is 13.2 Å². The van der Waals surface area contributed by atoms with Gasteiger partial charge < -0.3 is 4.74 Å². The smallest absolute Gasteiger partial charge is 0.417 e. The Morgan fingerprint density at radius 2 is 2.06 bits per heavy atom. The molecule has 0 aliphatic carbocycles. The van der Waals surface area contributed by atoms with Gasteiger partial charge in [0.1, 0.15) is 0 Å². The van der Waals surface area contributed by atoms with E-state index in [9.17, 15) is 18.0 Å². The molecule has 0 N–H and O–H groups in total. The standard InChI is InChI=1S/C11H10ClF3O2/c1-17-10(16)5-3-7-2-4-8(9(12)6-7)11(13,14)15/h2,4,6H,3,5H2,1H3. The van der Waals surface area contributed by atoms with Gasteiger partial charge in [-0.25, -0.2) is 0 Å². The van der Waals surface area contributed by atoms with Crippen LogP contribution in [0.25, 0.3) is 0 Å². The molecule has 6 heteroatoms. The van der Waals surface area contributed by atoms with Crippen molar-refractivity contribution in [2.45, 2.75) is 19.0 Å². The molecule has 0 unspecified atom stereocenters. The van der Waals surface area contributed by atoms with Crippen molar-refractivity contribution in [3.05, 3.63) is 34.3 Å². The Hall–Kier alpha value is -1.23. The number of methoxy groups -OCH3 is 1. The topological polar surface area (TPSA) is 26.3 Å². The molecule has 0 saturated heterocycles. The third kappa shape index (κ3) is 3.93. The molecule has 2 nitrogen and oxygen atoms in total. The fourth-order valence-corrected chi connectivity index (χ4v) is 1.60. The minimum Gasteiger partial charge on any atom is -0.469 e. The Balaban J connectivity index is 2.79. The van der Waals surface area contributed by atoms with Crippen LogP contribution in [0, 0.1) is 0 Å². The Morgan fingerprint density at radius 3 is 2.53 bits per heavy atom. The molecular formula is C11H10ClF3O2. The van der Waals surface area contributed by atoms with E-state index in [0.29, 0.717) is 12.0 Å². The lowest BCUT2D eigenvalue weighted by Crippen LogP contribution is -2.06. The summed E-state index contributed by atoms with van der Waals surface area (Å²) >= 11 is 5.53. The van der Waals surface area contributed by atoms with E-state index in [0.717, 1.165) is 6.07 Å². The zero-order chi connectivity index (χ0) is 13.1. The fourth-order valence-electron chi connectivity index (χ4n) is 1.29. The van der Waals surface area contributed by atoms with Gasteiger partial charge in [0.05, 0.1) is 17.7 Å². The summed E-state index contributed by atoms with van der Waals surface area (Å²) in [5.41, 5.74) is -0.311. The number of rotatable bonds is 3. The number of aryl methyl sites for hydroxylation is 1. The maximum absolute atomic E-state index is 12.4. The van der Waals surface area contributed by atoms with Crippen LogP contribution in [0.5, 0.6) is 0 Å². The van der Waals surface area contributed by atoms with Gasteiger partial charge >= 0.3 is 12.1 Å². The van der Waals surface area contributed by atoms with E-state index in [2.05, 4.69) is 4.74 Å². The maximum Gasteiger partial charge on any atom is 0.417 e. The highest BCUT2D eigenvalue weighted by Gasteiger charge is 2.32. The molecule has 0 aromatic heterocycles. The molecule has 0 bridgehead atoms. The monoisotopic (exact) mass is 266 g/mol. The Morgan fingerprint density at radius 1 is 1.41 bits per heavy atom. The molecule has 94 valence electrons. The third-order valence-corrected chi connectivity index (χ3v) is 2.50. The fraction of sp³-hybridized carbons (Fsp3) is 0.364. The van der Waals surface area contributed by atoms with E-state index >= 15 is 0 Å². The molecule has 17 heavy (non-hydrogen) atoms. The number of alkyl halides is 3.